The molecular weight excluding hydrogens is 473 g/mol. The van der Waals surface area contributed by atoms with Gasteiger partial charge < -0.3 is 0 Å². The third-order valence-electron chi connectivity index (χ3n) is 6.16. The summed E-state index contributed by atoms with van der Waals surface area (Å²) in [5.41, 5.74) is 0.844. The number of carboxylic acids is 1. The van der Waals surface area contributed by atoms with E-state index in [0.29, 0.717) is 12.2 Å². The SMILES string of the molecule is CCC[CH2][Sn]([CH2]CCC)([CH2]CCC)[c]1cc(C(=O)O)cc(N2CCC(=O)C2=O)c1. The number of benzene rings is 1. The number of carbonyl (C=O) groups is 3. The van der Waals surface area contributed by atoms with E-state index in [9.17, 15) is 19.5 Å². The summed E-state index contributed by atoms with van der Waals surface area (Å²) in [6.45, 7) is 6.99. The van der Waals surface area contributed by atoms with Crippen LogP contribution in [0.25, 0.3) is 0 Å². The van der Waals surface area contributed by atoms with Gasteiger partial charge in [0.05, 0.1) is 0 Å². The number of rotatable bonds is 12. The van der Waals surface area contributed by atoms with Crippen LogP contribution >= 0.6 is 0 Å². The first kappa shape index (κ1) is 23.9. The molecule has 160 valence electrons. The van der Waals surface area contributed by atoms with Gasteiger partial charge in [-0.05, 0) is 0 Å². The summed E-state index contributed by atoms with van der Waals surface area (Å²) in [7, 11) is 0. The molecule has 2 rings (SSSR count). The fourth-order valence-electron chi connectivity index (χ4n) is 4.37. The number of Topliss-reactive ketones (excluding diaryl/α,β-unsaturated/α-hetero) is 1. The van der Waals surface area contributed by atoms with Gasteiger partial charge in [-0.25, -0.2) is 0 Å². The van der Waals surface area contributed by atoms with Crippen molar-refractivity contribution in [2.75, 3.05) is 11.4 Å². The fourth-order valence-corrected chi connectivity index (χ4v) is 20.4. The number of carbonyl (C=O) groups excluding carboxylic acids is 2. The van der Waals surface area contributed by atoms with E-state index < -0.39 is 30.3 Å². The molecule has 6 heteroatoms. The molecule has 0 unspecified atom stereocenters. The Balaban J connectivity index is 2.58. The standard InChI is InChI=1S/C11H8NO4.3C4H9.Sn/c13-9-4-5-12(10(9)14)8-3-1-2-7(6-8)11(15)16;3*1-3-4-2;/h2-3,6H,4-5H2,(H,15,16);3*1,3-4H2,2H3;. The van der Waals surface area contributed by atoms with Crippen molar-refractivity contribution in [1.29, 1.82) is 0 Å². The number of ketones is 1. The van der Waals surface area contributed by atoms with Gasteiger partial charge in [0.2, 0.25) is 0 Å². The van der Waals surface area contributed by atoms with Crippen LogP contribution in [0.2, 0.25) is 13.3 Å². The number of carboxylic acid groups (broad SMARTS) is 1. The number of nitrogens with zero attached hydrogens (tertiary/aromatic N) is 1. The third-order valence-corrected chi connectivity index (χ3v) is 21.7. The summed E-state index contributed by atoms with van der Waals surface area (Å²) in [6.07, 6.45) is 7.16. The molecule has 1 aromatic rings. The molecule has 1 N–H and O–H groups in total. The van der Waals surface area contributed by atoms with Crippen LogP contribution in [0.1, 0.15) is 76.1 Å². The van der Waals surface area contributed by atoms with Gasteiger partial charge in [-0.15, -0.1) is 0 Å². The molecule has 1 amide bonds. The molecule has 1 aromatic carbocycles. The zero-order valence-corrected chi connectivity index (χ0v) is 21.0. The number of unbranched alkanes of at least 4 members (excludes halogenated alkanes) is 3. The second-order valence-corrected chi connectivity index (χ2v) is 21.5. The second kappa shape index (κ2) is 11.1. The summed E-state index contributed by atoms with van der Waals surface area (Å²) in [5.74, 6) is -1.85. The minimum atomic E-state index is -2.86. The van der Waals surface area contributed by atoms with Crippen LogP contribution < -0.4 is 8.48 Å². The van der Waals surface area contributed by atoms with Gasteiger partial charge in [-0.3, -0.25) is 0 Å². The second-order valence-electron chi connectivity index (χ2n) is 8.29. The van der Waals surface area contributed by atoms with Gasteiger partial charge >= 0.3 is 179 Å². The van der Waals surface area contributed by atoms with Crippen molar-refractivity contribution in [2.24, 2.45) is 0 Å². The average molecular weight is 508 g/mol. The topological polar surface area (TPSA) is 74.7 Å². The van der Waals surface area contributed by atoms with Gasteiger partial charge in [-0.1, -0.05) is 0 Å². The van der Waals surface area contributed by atoms with Gasteiger partial charge in [-0.2, -0.15) is 0 Å². The average Bonchev–Trinajstić information content (AvgIpc) is 3.06. The number of anilines is 1. The molecule has 0 aromatic heterocycles. The van der Waals surface area contributed by atoms with Crippen molar-refractivity contribution in [2.45, 2.75) is 79.0 Å². The predicted octanol–water partition coefficient (Wildman–Crippen LogP) is 4.75. The van der Waals surface area contributed by atoms with Gasteiger partial charge in [0, 0.05) is 0 Å². The predicted molar refractivity (Wildman–Crippen MR) is 120 cm³/mol. The number of amides is 1. The summed E-state index contributed by atoms with van der Waals surface area (Å²) in [6, 6.07) is 5.53. The normalized spacial score (nSPS) is 14.7. The van der Waals surface area contributed by atoms with Crippen LogP contribution in [-0.4, -0.2) is 47.7 Å². The van der Waals surface area contributed by atoms with E-state index in [1.54, 1.807) is 6.07 Å². The van der Waals surface area contributed by atoms with Gasteiger partial charge in [0.25, 0.3) is 0 Å². The van der Waals surface area contributed by atoms with Crippen molar-refractivity contribution in [1.82, 2.24) is 0 Å². The molecule has 1 aliphatic rings. The molecule has 1 saturated heterocycles. The van der Waals surface area contributed by atoms with E-state index in [1.165, 1.54) is 41.1 Å². The van der Waals surface area contributed by atoms with Crippen LogP contribution in [0.3, 0.4) is 0 Å². The Kier molecular flexibility index (Phi) is 9.18. The molecular formula is C23H35NO4Sn. The summed E-state index contributed by atoms with van der Waals surface area (Å²) < 4.78 is 4.89. The summed E-state index contributed by atoms with van der Waals surface area (Å²) in [5, 5.41) is 9.74. The van der Waals surface area contributed by atoms with Crippen molar-refractivity contribution >= 4 is 45.3 Å². The Hall–Kier alpha value is -1.37. The Morgan fingerprint density at radius 3 is 1.93 bits per heavy atom. The molecule has 0 atom stereocenters. The van der Waals surface area contributed by atoms with Crippen LogP contribution in [0, 0.1) is 0 Å². The quantitative estimate of drug-likeness (QED) is 0.327. The van der Waals surface area contributed by atoms with Gasteiger partial charge in [0.1, 0.15) is 0 Å². The molecule has 0 saturated carbocycles. The van der Waals surface area contributed by atoms with Crippen molar-refractivity contribution in [3.8, 4) is 0 Å². The van der Waals surface area contributed by atoms with E-state index >= 15 is 0 Å². The molecule has 0 aliphatic carbocycles. The molecule has 1 fully saturated rings. The van der Waals surface area contributed by atoms with E-state index in [1.807, 2.05) is 6.07 Å². The summed E-state index contributed by atoms with van der Waals surface area (Å²) in [4.78, 5) is 37.5. The molecule has 29 heavy (non-hydrogen) atoms. The summed E-state index contributed by atoms with van der Waals surface area (Å²) >= 11 is -2.86. The molecule has 5 nitrogen and oxygen atoms in total. The minimum absolute atomic E-state index is 0.210. The van der Waals surface area contributed by atoms with Crippen molar-refractivity contribution < 1.29 is 19.5 Å². The van der Waals surface area contributed by atoms with Crippen LogP contribution in [0.5, 0.6) is 0 Å². The Bertz CT molecular complexity index is 725. The van der Waals surface area contributed by atoms with Crippen molar-refractivity contribution in [3.05, 3.63) is 23.8 Å². The first-order valence-corrected chi connectivity index (χ1v) is 18.6. The Morgan fingerprint density at radius 2 is 1.52 bits per heavy atom. The first-order valence-electron chi connectivity index (χ1n) is 11.1. The maximum absolute atomic E-state index is 12.3. The number of hydrogen-bond donors (Lipinski definition) is 1. The molecule has 0 radical (unpaired) electrons. The molecule has 0 spiro atoms. The van der Waals surface area contributed by atoms with Crippen LogP contribution in [0.15, 0.2) is 18.2 Å². The van der Waals surface area contributed by atoms with E-state index in [-0.39, 0.29) is 17.8 Å². The third kappa shape index (κ3) is 5.83. The van der Waals surface area contributed by atoms with Crippen LogP contribution in [-0.2, 0) is 9.59 Å². The first-order chi connectivity index (χ1) is 13.9. The van der Waals surface area contributed by atoms with Gasteiger partial charge in [0.15, 0.2) is 0 Å². The Labute approximate surface area is 178 Å². The number of aromatic carboxylic acids is 1. The monoisotopic (exact) mass is 509 g/mol. The van der Waals surface area contributed by atoms with E-state index in [0.717, 1.165) is 19.3 Å². The Morgan fingerprint density at radius 1 is 0.966 bits per heavy atom. The maximum atomic E-state index is 12.3. The van der Waals surface area contributed by atoms with Crippen molar-refractivity contribution in [3.63, 3.8) is 0 Å². The van der Waals surface area contributed by atoms with E-state index in [2.05, 4.69) is 26.8 Å². The van der Waals surface area contributed by atoms with E-state index in [4.69, 9.17) is 0 Å². The molecule has 0 bridgehead atoms. The zero-order valence-electron chi connectivity index (χ0n) is 18.1. The number of hydrogen-bond acceptors (Lipinski definition) is 3. The fraction of sp³-hybridized carbons (Fsp3) is 0.609. The zero-order chi connectivity index (χ0) is 21.4. The molecule has 1 heterocycles. The molecule has 1 aliphatic heterocycles. The van der Waals surface area contributed by atoms with Crippen LogP contribution in [0.4, 0.5) is 5.69 Å².